The molecule has 1 aliphatic rings. The molecule has 20 heavy (non-hydrogen) atoms. The average Bonchev–Trinajstić information content (AvgIpc) is 2.49. The fourth-order valence-corrected chi connectivity index (χ4v) is 2.95. The number of para-hydroxylation sites is 1. The molecule has 0 spiro atoms. The standard InChI is InChI=1S/C17H21N3/c1-2-6-13-9-10-16-14(11-13)12-18-17(20-16)19-15-7-4-3-5-8-15/h3-5,7-8,12-13H,2,6,9-11H2,1H3,(H,18,19,20). The minimum atomic E-state index is 0.712. The maximum Gasteiger partial charge on any atom is 0.227 e. The predicted octanol–water partition coefficient (Wildman–Crippen LogP) is 4.13. The Hall–Kier alpha value is -1.90. The van der Waals surface area contributed by atoms with Crippen LogP contribution >= 0.6 is 0 Å². The van der Waals surface area contributed by atoms with Gasteiger partial charge in [-0.2, -0.15) is 0 Å². The quantitative estimate of drug-likeness (QED) is 0.905. The summed E-state index contributed by atoms with van der Waals surface area (Å²) in [5, 5.41) is 3.27. The lowest BCUT2D eigenvalue weighted by atomic mass is 9.85. The van der Waals surface area contributed by atoms with E-state index in [0.29, 0.717) is 5.95 Å². The number of benzene rings is 1. The largest absolute Gasteiger partial charge is 0.324 e. The number of rotatable bonds is 4. The van der Waals surface area contributed by atoms with E-state index < -0.39 is 0 Å². The molecule has 3 heteroatoms. The first-order valence-electron chi connectivity index (χ1n) is 7.52. The van der Waals surface area contributed by atoms with Crippen molar-refractivity contribution in [1.82, 2.24) is 9.97 Å². The van der Waals surface area contributed by atoms with Gasteiger partial charge in [-0.05, 0) is 42.9 Å². The van der Waals surface area contributed by atoms with Crippen molar-refractivity contribution in [3.8, 4) is 0 Å². The summed E-state index contributed by atoms with van der Waals surface area (Å²) in [5.74, 6) is 1.54. The smallest absolute Gasteiger partial charge is 0.227 e. The Morgan fingerprint density at radius 3 is 2.90 bits per heavy atom. The second-order valence-electron chi connectivity index (χ2n) is 5.55. The van der Waals surface area contributed by atoms with E-state index in [1.165, 1.54) is 30.5 Å². The van der Waals surface area contributed by atoms with Gasteiger partial charge in [-0.15, -0.1) is 0 Å². The van der Waals surface area contributed by atoms with Gasteiger partial charge in [-0.25, -0.2) is 9.97 Å². The Morgan fingerprint density at radius 2 is 2.10 bits per heavy atom. The fraction of sp³-hybridized carbons (Fsp3) is 0.412. The van der Waals surface area contributed by atoms with Crippen molar-refractivity contribution in [2.24, 2.45) is 5.92 Å². The summed E-state index contributed by atoms with van der Waals surface area (Å²) in [6.45, 7) is 2.26. The number of hydrogen-bond donors (Lipinski definition) is 1. The van der Waals surface area contributed by atoms with Crippen LogP contribution in [0.1, 0.15) is 37.4 Å². The van der Waals surface area contributed by atoms with Gasteiger partial charge in [-0.3, -0.25) is 0 Å². The van der Waals surface area contributed by atoms with Crippen LogP contribution in [0.3, 0.4) is 0 Å². The molecule has 2 aromatic rings. The summed E-state index contributed by atoms with van der Waals surface area (Å²) in [5.41, 5.74) is 3.60. The lowest BCUT2D eigenvalue weighted by Crippen LogP contribution is -2.16. The first-order chi connectivity index (χ1) is 9.85. The van der Waals surface area contributed by atoms with Gasteiger partial charge in [0, 0.05) is 17.6 Å². The van der Waals surface area contributed by atoms with Crippen molar-refractivity contribution >= 4 is 11.6 Å². The van der Waals surface area contributed by atoms with E-state index >= 15 is 0 Å². The summed E-state index contributed by atoms with van der Waals surface area (Å²) < 4.78 is 0. The van der Waals surface area contributed by atoms with Crippen molar-refractivity contribution in [2.45, 2.75) is 39.0 Å². The first kappa shape index (κ1) is 13.1. The molecule has 1 aromatic heterocycles. The van der Waals surface area contributed by atoms with E-state index in [4.69, 9.17) is 0 Å². The zero-order chi connectivity index (χ0) is 13.8. The van der Waals surface area contributed by atoms with Gasteiger partial charge in [0.2, 0.25) is 5.95 Å². The van der Waals surface area contributed by atoms with Gasteiger partial charge >= 0.3 is 0 Å². The van der Waals surface area contributed by atoms with Crippen LogP contribution in [-0.2, 0) is 12.8 Å². The van der Waals surface area contributed by atoms with Gasteiger partial charge in [0.15, 0.2) is 0 Å². The molecule has 1 aliphatic carbocycles. The monoisotopic (exact) mass is 267 g/mol. The molecular weight excluding hydrogens is 246 g/mol. The first-order valence-corrected chi connectivity index (χ1v) is 7.52. The predicted molar refractivity (Wildman–Crippen MR) is 82.2 cm³/mol. The van der Waals surface area contributed by atoms with Crippen molar-refractivity contribution in [1.29, 1.82) is 0 Å². The third kappa shape index (κ3) is 2.98. The van der Waals surface area contributed by atoms with Gasteiger partial charge < -0.3 is 5.32 Å². The normalized spacial score (nSPS) is 17.6. The Labute approximate surface area is 120 Å². The molecule has 104 valence electrons. The van der Waals surface area contributed by atoms with E-state index in [1.54, 1.807) is 0 Å². The lowest BCUT2D eigenvalue weighted by Gasteiger charge is -2.23. The Kier molecular flexibility index (Phi) is 3.95. The van der Waals surface area contributed by atoms with E-state index in [-0.39, 0.29) is 0 Å². The van der Waals surface area contributed by atoms with Crippen molar-refractivity contribution < 1.29 is 0 Å². The van der Waals surface area contributed by atoms with Crippen LogP contribution in [0.25, 0.3) is 0 Å². The molecule has 3 rings (SSSR count). The van der Waals surface area contributed by atoms with Crippen LogP contribution in [0.4, 0.5) is 11.6 Å². The second kappa shape index (κ2) is 6.04. The van der Waals surface area contributed by atoms with E-state index in [9.17, 15) is 0 Å². The number of fused-ring (bicyclic) bond motifs is 1. The highest BCUT2D eigenvalue weighted by Gasteiger charge is 2.19. The summed E-state index contributed by atoms with van der Waals surface area (Å²) in [7, 11) is 0. The van der Waals surface area contributed by atoms with Gasteiger partial charge in [0.25, 0.3) is 0 Å². The fourth-order valence-electron chi connectivity index (χ4n) is 2.95. The molecule has 1 atom stereocenters. The van der Waals surface area contributed by atoms with E-state index in [1.807, 2.05) is 36.5 Å². The number of aromatic nitrogens is 2. The second-order valence-corrected chi connectivity index (χ2v) is 5.55. The van der Waals surface area contributed by atoms with Crippen LogP contribution in [0.2, 0.25) is 0 Å². The number of hydrogen-bond acceptors (Lipinski definition) is 3. The molecule has 0 radical (unpaired) electrons. The van der Waals surface area contributed by atoms with Gasteiger partial charge in [0.1, 0.15) is 0 Å². The van der Waals surface area contributed by atoms with Crippen LogP contribution in [0.15, 0.2) is 36.5 Å². The molecule has 1 unspecified atom stereocenters. The van der Waals surface area contributed by atoms with Crippen molar-refractivity contribution in [2.75, 3.05) is 5.32 Å². The highest BCUT2D eigenvalue weighted by atomic mass is 15.1. The summed E-state index contributed by atoms with van der Waals surface area (Å²) >= 11 is 0. The van der Waals surface area contributed by atoms with Crippen LogP contribution < -0.4 is 5.32 Å². The number of aryl methyl sites for hydroxylation is 1. The molecule has 1 aromatic carbocycles. The number of anilines is 2. The average molecular weight is 267 g/mol. The van der Waals surface area contributed by atoms with Crippen molar-refractivity contribution in [3.63, 3.8) is 0 Å². The Balaban J connectivity index is 1.74. The van der Waals surface area contributed by atoms with E-state index in [2.05, 4.69) is 22.2 Å². The number of nitrogens with one attached hydrogen (secondary N) is 1. The molecule has 0 saturated carbocycles. The molecule has 0 bridgehead atoms. The molecule has 3 nitrogen and oxygen atoms in total. The third-order valence-electron chi connectivity index (χ3n) is 3.98. The molecule has 0 saturated heterocycles. The lowest BCUT2D eigenvalue weighted by molar-refractivity contribution is 0.417. The summed E-state index contributed by atoms with van der Waals surface area (Å²) in [6.07, 6.45) is 8.11. The highest BCUT2D eigenvalue weighted by molar-refractivity contribution is 5.52. The highest BCUT2D eigenvalue weighted by Crippen LogP contribution is 2.27. The Morgan fingerprint density at radius 1 is 1.25 bits per heavy atom. The van der Waals surface area contributed by atoms with Crippen LogP contribution in [-0.4, -0.2) is 9.97 Å². The summed E-state index contributed by atoms with van der Waals surface area (Å²) in [6, 6.07) is 10.1. The molecule has 1 N–H and O–H groups in total. The minimum absolute atomic E-state index is 0.712. The molecular formula is C17H21N3. The minimum Gasteiger partial charge on any atom is -0.324 e. The maximum atomic E-state index is 4.68. The summed E-state index contributed by atoms with van der Waals surface area (Å²) in [4.78, 5) is 9.14. The maximum absolute atomic E-state index is 4.68. The van der Waals surface area contributed by atoms with Crippen LogP contribution in [0, 0.1) is 5.92 Å². The molecule has 0 aliphatic heterocycles. The SMILES string of the molecule is CCCC1CCc2nc(Nc3ccccc3)ncc2C1. The van der Waals surface area contributed by atoms with Gasteiger partial charge in [0.05, 0.1) is 0 Å². The topological polar surface area (TPSA) is 37.8 Å². The van der Waals surface area contributed by atoms with Gasteiger partial charge in [-0.1, -0.05) is 38.0 Å². The molecule has 0 amide bonds. The number of nitrogens with zero attached hydrogens (tertiary/aromatic N) is 2. The molecule has 0 fully saturated rings. The third-order valence-corrected chi connectivity index (χ3v) is 3.98. The zero-order valence-corrected chi connectivity index (χ0v) is 12.0. The Bertz CT molecular complexity index is 566. The zero-order valence-electron chi connectivity index (χ0n) is 12.0. The van der Waals surface area contributed by atoms with Crippen molar-refractivity contribution in [3.05, 3.63) is 47.8 Å². The molecule has 1 heterocycles. The van der Waals surface area contributed by atoms with E-state index in [0.717, 1.165) is 24.4 Å². The van der Waals surface area contributed by atoms with Crippen LogP contribution in [0.5, 0.6) is 0 Å².